The molecule has 1 aromatic rings. The number of benzene rings is 1. The number of carboxylic acid groups (broad SMARTS) is 1. The van der Waals surface area contributed by atoms with Crippen LogP contribution in [0.3, 0.4) is 0 Å². The quantitative estimate of drug-likeness (QED) is 0.289. The van der Waals surface area contributed by atoms with Gasteiger partial charge in [-0.15, -0.1) is 0 Å². The number of esters is 1. The lowest BCUT2D eigenvalue weighted by atomic mass is 9.79. The van der Waals surface area contributed by atoms with Crippen molar-refractivity contribution in [1.82, 2.24) is 0 Å². The van der Waals surface area contributed by atoms with Gasteiger partial charge in [0.2, 0.25) is 0 Å². The molecule has 11 nitrogen and oxygen atoms in total. The number of carbonyl (C=O) groups excluding carboxylic acids is 3. The van der Waals surface area contributed by atoms with Gasteiger partial charge in [0.05, 0.1) is 0 Å². The van der Waals surface area contributed by atoms with Crippen LogP contribution in [0.15, 0.2) is 18.2 Å². The largest absolute Gasteiger partial charge is 0.514 e. The van der Waals surface area contributed by atoms with Crippen LogP contribution in [0.2, 0.25) is 0 Å². The van der Waals surface area contributed by atoms with Crippen LogP contribution in [-0.4, -0.2) is 52.7 Å². The maximum atomic E-state index is 12.4. The van der Waals surface area contributed by atoms with Crippen molar-refractivity contribution < 1.29 is 48.0 Å². The van der Waals surface area contributed by atoms with Gasteiger partial charge in [0.15, 0.2) is 11.5 Å². The summed E-state index contributed by atoms with van der Waals surface area (Å²) in [6, 6.07) is 2.73. The molecule has 11 heteroatoms. The summed E-state index contributed by atoms with van der Waals surface area (Å²) < 4.78 is 26.1. The van der Waals surface area contributed by atoms with Gasteiger partial charge in [-0.25, -0.2) is 9.59 Å². The van der Waals surface area contributed by atoms with Crippen molar-refractivity contribution >= 4 is 24.2 Å². The van der Waals surface area contributed by atoms with E-state index < -0.39 is 59.4 Å². The van der Waals surface area contributed by atoms with E-state index in [1.807, 2.05) is 0 Å². The van der Waals surface area contributed by atoms with E-state index in [0.29, 0.717) is 5.56 Å². The Morgan fingerprint density at radius 1 is 0.861 bits per heavy atom. The second-order valence-electron chi connectivity index (χ2n) is 10.4. The lowest BCUT2D eigenvalue weighted by molar-refractivity contribution is -0.148. The Morgan fingerprint density at radius 2 is 1.33 bits per heavy atom. The van der Waals surface area contributed by atoms with Gasteiger partial charge >= 0.3 is 24.2 Å². The SMILES string of the molecule is CC(=O)OC(C)C(C)C(c1ccc(OC(=O)OC(C)(C)C)c(OC(=O)OC(C)(C)C)c1)[C@H](N)C(=O)O. The number of ether oxygens (including phenoxy) is 5. The number of nitrogens with two attached hydrogens (primary N) is 1. The molecule has 0 saturated heterocycles. The summed E-state index contributed by atoms with van der Waals surface area (Å²) in [7, 11) is 0. The maximum Gasteiger partial charge on any atom is 0.514 e. The molecule has 3 N–H and O–H groups in total. The van der Waals surface area contributed by atoms with Crippen molar-refractivity contribution in [2.24, 2.45) is 11.7 Å². The molecule has 36 heavy (non-hydrogen) atoms. The van der Waals surface area contributed by atoms with E-state index in [0.717, 1.165) is 0 Å². The highest BCUT2D eigenvalue weighted by Gasteiger charge is 2.36. The van der Waals surface area contributed by atoms with Gasteiger partial charge < -0.3 is 34.5 Å². The molecule has 0 aliphatic carbocycles. The molecule has 0 aliphatic heterocycles. The summed E-state index contributed by atoms with van der Waals surface area (Å²) in [4.78, 5) is 47.9. The topological polar surface area (TPSA) is 161 Å². The molecule has 0 bridgehead atoms. The van der Waals surface area contributed by atoms with E-state index in [1.54, 1.807) is 55.4 Å². The van der Waals surface area contributed by atoms with Crippen molar-refractivity contribution in [2.45, 2.75) is 91.6 Å². The van der Waals surface area contributed by atoms with Crippen molar-refractivity contribution in [1.29, 1.82) is 0 Å². The third-order valence-corrected chi connectivity index (χ3v) is 4.85. The highest BCUT2D eigenvalue weighted by Crippen LogP contribution is 2.37. The summed E-state index contributed by atoms with van der Waals surface area (Å²) in [6.07, 6.45) is -2.81. The molecule has 202 valence electrons. The molecule has 0 aromatic heterocycles. The number of hydrogen-bond acceptors (Lipinski definition) is 10. The third-order valence-electron chi connectivity index (χ3n) is 4.85. The summed E-state index contributed by atoms with van der Waals surface area (Å²) in [6.45, 7) is 14.4. The number of rotatable bonds is 8. The van der Waals surface area contributed by atoms with Gasteiger partial charge in [0, 0.05) is 18.8 Å². The summed E-state index contributed by atoms with van der Waals surface area (Å²) >= 11 is 0. The smallest absolute Gasteiger partial charge is 0.480 e. The molecular formula is C25H37NO10. The predicted octanol–water partition coefficient (Wildman–Crippen LogP) is 4.40. The van der Waals surface area contributed by atoms with E-state index >= 15 is 0 Å². The summed E-state index contributed by atoms with van der Waals surface area (Å²) in [5.74, 6) is -3.65. The first kappa shape index (κ1) is 30.7. The fourth-order valence-electron chi connectivity index (χ4n) is 3.27. The van der Waals surface area contributed by atoms with Crippen LogP contribution in [0.1, 0.15) is 73.8 Å². The molecule has 0 fully saturated rings. The van der Waals surface area contributed by atoms with Crippen LogP contribution in [0.5, 0.6) is 11.5 Å². The van der Waals surface area contributed by atoms with Gasteiger partial charge in [-0.1, -0.05) is 13.0 Å². The molecule has 0 aliphatic rings. The lowest BCUT2D eigenvalue weighted by Gasteiger charge is -2.31. The van der Waals surface area contributed by atoms with E-state index in [4.69, 9.17) is 29.4 Å². The molecular weight excluding hydrogens is 474 g/mol. The standard InChI is InChI=1S/C25H37NO10/c1-13(14(2)32-15(3)27)19(20(26)21(28)29)16-10-11-17(33-22(30)35-24(4,5)6)18(12-16)34-23(31)36-25(7,8)9/h10-14,19-20H,26H2,1-9H3,(H,28,29)/t13?,14?,19?,20-/m0/s1. The van der Waals surface area contributed by atoms with Crippen molar-refractivity contribution in [3.8, 4) is 11.5 Å². The van der Waals surface area contributed by atoms with E-state index in [-0.39, 0.29) is 11.5 Å². The Kier molecular flexibility index (Phi) is 10.3. The summed E-state index contributed by atoms with van der Waals surface area (Å²) in [5, 5.41) is 9.63. The predicted molar refractivity (Wildman–Crippen MR) is 129 cm³/mol. The zero-order valence-corrected chi connectivity index (χ0v) is 22.2. The van der Waals surface area contributed by atoms with E-state index in [1.165, 1.54) is 25.1 Å². The first-order valence-corrected chi connectivity index (χ1v) is 11.4. The minimum Gasteiger partial charge on any atom is -0.480 e. The Bertz CT molecular complexity index is 961. The Labute approximate surface area is 211 Å². The monoisotopic (exact) mass is 511 g/mol. The fraction of sp³-hybridized carbons (Fsp3) is 0.600. The van der Waals surface area contributed by atoms with Crippen LogP contribution in [0.4, 0.5) is 9.59 Å². The molecule has 1 rings (SSSR count). The number of hydrogen-bond donors (Lipinski definition) is 2. The number of aliphatic carboxylic acids is 1. The minimum atomic E-state index is -1.40. The number of carbonyl (C=O) groups is 4. The van der Waals surface area contributed by atoms with Gasteiger partial charge in [-0.3, -0.25) is 9.59 Å². The second kappa shape index (κ2) is 12.1. The van der Waals surface area contributed by atoms with Crippen LogP contribution in [-0.2, 0) is 23.8 Å². The first-order valence-electron chi connectivity index (χ1n) is 11.4. The van der Waals surface area contributed by atoms with Gasteiger partial charge in [-0.2, -0.15) is 0 Å². The van der Waals surface area contributed by atoms with Crippen molar-refractivity contribution in [3.05, 3.63) is 23.8 Å². The van der Waals surface area contributed by atoms with Crippen LogP contribution < -0.4 is 15.2 Å². The number of carboxylic acids is 1. The average molecular weight is 512 g/mol. The first-order chi connectivity index (χ1) is 16.3. The van der Waals surface area contributed by atoms with Crippen LogP contribution in [0, 0.1) is 5.92 Å². The minimum absolute atomic E-state index is 0.165. The molecule has 3 unspecified atom stereocenters. The molecule has 0 saturated carbocycles. The zero-order chi connectivity index (χ0) is 28.0. The van der Waals surface area contributed by atoms with Crippen LogP contribution >= 0.6 is 0 Å². The van der Waals surface area contributed by atoms with Crippen molar-refractivity contribution in [2.75, 3.05) is 0 Å². The molecule has 0 amide bonds. The van der Waals surface area contributed by atoms with Gasteiger partial charge in [0.25, 0.3) is 0 Å². The summed E-state index contributed by atoms with van der Waals surface area (Å²) in [5.41, 5.74) is 4.63. The molecule has 0 radical (unpaired) electrons. The van der Waals surface area contributed by atoms with E-state index in [9.17, 15) is 24.3 Å². The highest BCUT2D eigenvalue weighted by atomic mass is 16.8. The Morgan fingerprint density at radius 3 is 1.75 bits per heavy atom. The molecule has 1 aromatic carbocycles. The Balaban J connectivity index is 3.52. The average Bonchev–Trinajstić information content (AvgIpc) is 2.66. The van der Waals surface area contributed by atoms with Crippen LogP contribution in [0.25, 0.3) is 0 Å². The fourth-order valence-corrected chi connectivity index (χ4v) is 3.27. The normalized spacial score (nSPS) is 15.1. The van der Waals surface area contributed by atoms with E-state index in [2.05, 4.69) is 0 Å². The highest BCUT2D eigenvalue weighted by molar-refractivity contribution is 5.75. The van der Waals surface area contributed by atoms with Crippen molar-refractivity contribution in [3.63, 3.8) is 0 Å². The zero-order valence-electron chi connectivity index (χ0n) is 22.2. The maximum absolute atomic E-state index is 12.4. The Hall–Kier alpha value is -3.34. The molecule has 4 atom stereocenters. The molecule has 0 spiro atoms. The lowest BCUT2D eigenvalue weighted by Crippen LogP contribution is -2.42. The third kappa shape index (κ3) is 10.1. The second-order valence-corrected chi connectivity index (χ2v) is 10.4. The van der Waals surface area contributed by atoms with Gasteiger partial charge in [0.1, 0.15) is 23.3 Å². The van der Waals surface area contributed by atoms with Gasteiger partial charge in [-0.05, 0) is 66.2 Å². The molecule has 0 heterocycles.